The fourth-order valence-electron chi connectivity index (χ4n) is 18.1. The Kier molecular flexibility index (Phi) is 41.1. The van der Waals surface area contributed by atoms with E-state index in [1.807, 2.05) is 0 Å². The van der Waals surface area contributed by atoms with Crippen molar-refractivity contribution < 1.29 is 271 Å². The number of ether oxygens (including phenoxy) is 21. The van der Waals surface area contributed by atoms with E-state index >= 15 is 0 Å². The van der Waals surface area contributed by atoms with E-state index in [1.165, 1.54) is 6.92 Å². The summed E-state index contributed by atoms with van der Waals surface area (Å²) in [5.41, 5.74) is 0. The average Bonchev–Trinajstić information content (AvgIpc) is 0.755. The molecule has 11 rings (SSSR count). The van der Waals surface area contributed by atoms with Crippen LogP contribution in [0.1, 0.15) is 48.5 Å². The molecule has 6 amide bonds. The molecule has 61 heteroatoms. The van der Waals surface area contributed by atoms with Crippen molar-refractivity contribution in [1.29, 1.82) is 0 Å². The van der Waals surface area contributed by atoms with Gasteiger partial charge in [-0.25, -0.2) is 0 Å². The topological polar surface area (TPSA) is 935 Å². The molecule has 11 saturated heterocycles. The zero-order chi connectivity index (χ0) is 102. The van der Waals surface area contributed by atoms with Gasteiger partial charge < -0.3 is 274 Å². The van der Waals surface area contributed by atoms with E-state index in [0.29, 0.717) is 0 Å². The monoisotopic (exact) mass is 2030 g/mol. The minimum Gasteiger partial charge on any atom is -0.394 e. The summed E-state index contributed by atoms with van der Waals surface area (Å²) in [5, 5.41) is 333. The predicted octanol–water partition coefficient (Wildman–Crippen LogP) is -23.1. The first-order chi connectivity index (χ1) is 65.7. The molecule has 802 valence electrons. The van der Waals surface area contributed by atoms with Crippen LogP contribution in [0.3, 0.4) is 0 Å². The Bertz CT molecular complexity index is 3900. The third-order valence-corrected chi connectivity index (χ3v) is 25.3. The molecular weight excluding hydrogens is 1900 g/mol. The molecular formula is C78H130N6O55. The second kappa shape index (κ2) is 50.0. The number of aliphatic hydroxyl groups excluding tert-OH is 28. The number of carbonyl (C=O) groups excluding carboxylic acids is 6. The van der Waals surface area contributed by atoms with Crippen LogP contribution in [0.4, 0.5) is 0 Å². The summed E-state index contributed by atoms with van der Waals surface area (Å²) in [6.45, 7) is -5.30. The van der Waals surface area contributed by atoms with Crippen LogP contribution in [0.5, 0.6) is 0 Å². The van der Waals surface area contributed by atoms with Gasteiger partial charge in [-0.15, -0.1) is 0 Å². The molecule has 11 fully saturated rings. The summed E-state index contributed by atoms with van der Waals surface area (Å²) in [7, 11) is 0. The van der Waals surface area contributed by atoms with Gasteiger partial charge >= 0.3 is 0 Å². The summed E-state index contributed by atoms with van der Waals surface area (Å²) in [5.74, 6) is -5.96. The van der Waals surface area contributed by atoms with Crippen LogP contribution in [0.2, 0.25) is 0 Å². The number of nitrogens with one attached hydrogen (secondary N) is 6. The zero-order valence-corrected chi connectivity index (χ0v) is 75.4. The van der Waals surface area contributed by atoms with Gasteiger partial charge in [-0.2, -0.15) is 0 Å². The highest BCUT2D eigenvalue weighted by Gasteiger charge is 2.64. The lowest BCUT2D eigenvalue weighted by Crippen LogP contribution is -2.72. The van der Waals surface area contributed by atoms with Crippen LogP contribution >= 0.6 is 0 Å². The SMILES string of the molecule is CC(=O)N[C@@H]1[C@@H](O)[C@H](O[C@@H]2O[C@H](CO)[C@@H](O[C@@H]3O[C@H](CO[C@H]4O[C@H](CO)[C@@H](O)[C@H](O)[C@@H]4O[C@@H]4O[C@H](CO)[C@@H](O)[C@H](O)[C@H]4NC(C)=O)[C@@H](O[C@@H]4O[C@H](CO)[C@@H](O)[C@H](O)[C@H]4NC(C)=O)[C@H](O[C@H]4O[C@H](CO)[C@@H](O[C@@H]5O[C@H](CO)[C@@H](O[C@@H]6O[C@H](CO)[C@H](O)[C@H](O)[C@H]6O)[C@H](O)[C@H]5NC(C)=O)[C@H](O)[C@@H]4O[C@@H]4O[C@H](CO)[C@@H](O)[C@H](O)[C@H]4NC(C)=O)[C@@H]3O)[C@H](O)[C@H]2NC(C)=O)[C@@H](CO[C@@H]2O[C@@H](C)[C@@H](O)[C@@H](O)[C@@H]2O)O[C@H]1O. The quantitative estimate of drug-likeness (QED) is 0.0277. The Labute approximate surface area is 788 Å². The van der Waals surface area contributed by atoms with E-state index in [9.17, 15) is 172 Å². The summed E-state index contributed by atoms with van der Waals surface area (Å²) in [6.07, 6.45) is -107. The van der Waals surface area contributed by atoms with Gasteiger partial charge in [0.25, 0.3) is 0 Å². The molecule has 61 nitrogen and oxygen atoms in total. The highest BCUT2D eigenvalue weighted by atomic mass is 16.8. The number of rotatable bonds is 36. The molecule has 0 aromatic carbocycles. The maximum absolute atomic E-state index is 13.7. The van der Waals surface area contributed by atoms with Crippen molar-refractivity contribution in [3.63, 3.8) is 0 Å². The van der Waals surface area contributed by atoms with Crippen LogP contribution in [0, 0.1) is 0 Å². The predicted molar refractivity (Wildman–Crippen MR) is 430 cm³/mol. The second-order valence-electron chi connectivity index (χ2n) is 35.3. The summed E-state index contributed by atoms with van der Waals surface area (Å²) >= 11 is 0. The fourth-order valence-corrected chi connectivity index (χ4v) is 18.1. The van der Waals surface area contributed by atoms with Crippen molar-refractivity contribution in [2.45, 2.75) is 386 Å². The van der Waals surface area contributed by atoms with Gasteiger partial charge in [-0.05, 0) is 6.92 Å². The van der Waals surface area contributed by atoms with Crippen molar-refractivity contribution >= 4 is 35.4 Å². The number of hydrogen-bond acceptors (Lipinski definition) is 55. The van der Waals surface area contributed by atoms with Gasteiger partial charge in [-0.3, -0.25) is 28.8 Å². The number of carbonyl (C=O) groups is 6. The van der Waals surface area contributed by atoms with E-state index < -0.39 is 439 Å². The Morgan fingerprint density at radius 2 is 0.446 bits per heavy atom. The van der Waals surface area contributed by atoms with Gasteiger partial charge in [-0.1, -0.05) is 0 Å². The molecule has 11 aliphatic heterocycles. The molecule has 139 heavy (non-hydrogen) atoms. The third kappa shape index (κ3) is 25.8. The van der Waals surface area contributed by atoms with Crippen LogP contribution in [0.25, 0.3) is 0 Å². The van der Waals surface area contributed by atoms with Gasteiger partial charge in [0.15, 0.2) is 69.2 Å². The molecule has 11 heterocycles. The lowest BCUT2D eigenvalue weighted by atomic mass is 9.93. The van der Waals surface area contributed by atoms with Gasteiger partial charge in [0.05, 0.1) is 72.2 Å². The minimum atomic E-state index is -2.88. The van der Waals surface area contributed by atoms with Crippen molar-refractivity contribution in [1.82, 2.24) is 31.9 Å². The maximum atomic E-state index is 13.7. The maximum Gasteiger partial charge on any atom is 0.217 e. The highest BCUT2D eigenvalue weighted by molar-refractivity contribution is 5.75. The van der Waals surface area contributed by atoms with Crippen molar-refractivity contribution in [2.75, 3.05) is 66.1 Å². The minimum absolute atomic E-state index is 0.880. The van der Waals surface area contributed by atoms with Gasteiger partial charge in [0.2, 0.25) is 35.4 Å². The molecule has 55 atom stereocenters. The van der Waals surface area contributed by atoms with E-state index in [2.05, 4.69) is 31.9 Å². The molecule has 0 saturated carbocycles. The van der Waals surface area contributed by atoms with Crippen molar-refractivity contribution in [3.05, 3.63) is 0 Å². The Morgan fingerprint density at radius 1 is 0.201 bits per heavy atom. The molecule has 11 aliphatic rings. The Balaban J connectivity index is 1.05. The zero-order valence-electron chi connectivity index (χ0n) is 75.4. The van der Waals surface area contributed by atoms with E-state index in [0.717, 1.165) is 41.5 Å². The summed E-state index contributed by atoms with van der Waals surface area (Å²) in [4.78, 5) is 78.8. The average molecular weight is 2030 g/mol. The lowest BCUT2D eigenvalue weighted by molar-refractivity contribution is -0.413. The smallest absolute Gasteiger partial charge is 0.217 e. The number of aliphatic hydroxyl groups is 28. The first-order valence-corrected chi connectivity index (χ1v) is 44.5. The third-order valence-electron chi connectivity index (χ3n) is 25.3. The van der Waals surface area contributed by atoms with E-state index in [1.54, 1.807) is 0 Å². The first-order valence-electron chi connectivity index (χ1n) is 44.5. The van der Waals surface area contributed by atoms with Gasteiger partial charge in [0, 0.05) is 41.5 Å². The van der Waals surface area contributed by atoms with Crippen LogP contribution in [-0.4, -0.2) is 582 Å². The standard InChI is InChI=1S/C78H130N6O55/c1-18-41(99)53(111)56(114)74(121-18)119-16-33-63(50(108)35(68(118)122-33)79-19(2)93)133-73-40(84-24(7)98)52(110)61(31(14-91)129-73)135-76-59(117)65(64(136-69-36(80-20(3)94)47(105)42(100)25(8-85)123-69)34(131-76)17-120-77-66(55(113)46(104)29(12-89)127-77)138-70-37(81-21(4)95)48(106)43(101)26(9-86)124-70)137-78-67(139-71-38(82-22(5)96)49(107)44(102)27(10-87)125-71)58(116)62(32(15-92)130-78)132-72-39(83-23(6)97)51(109)60(30(13-90)128-72)134-75-57(115)54(112)45(103)28(11-88)126-75/h18,25-78,85-92,99-118H,8-17H2,1-7H3,(H,79,93)(H,80,94)(H,81,95)(H,82,96)(H,83,97)(H,84,98)/t18-,25+,26+,27+,28+,29+,30+,31+,32+,33+,34+,35+,36+,37+,38+,39+,40+,41+,42+,43+,44+,45-,46+,47+,48+,49+,50+,51+,52+,53+,54-,55-,56-,57+,58-,59-,60+,61+,62+,63+,64+,65+,66-,67-,68+,69-,70-,71-,72-,73-,74+,75-,76-,77-,78+/m0/s1. The highest BCUT2D eigenvalue weighted by Crippen LogP contribution is 2.43. The van der Waals surface area contributed by atoms with E-state index in [-0.39, 0.29) is 0 Å². The fraction of sp³-hybridized carbons (Fsp3) is 0.923. The number of amides is 6. The molecule has 0 radical (unpaired) electrons. The largest absolute Gasteiger partial charge is 0.394 e. The van der Waals surface area contributed by atoms with E-state index in [4.69, 9.17) is 99.5 Å². The van der Waals surface area contributed by atoms with Crippen molar-refractivity contribution in [2.24, 2.45) is 0 Å². The Morgan fingerprint density at radius 3 is 0.835 bits per heavy atom. The summed E-state index contributed by atoms with van der Waals surface area (Å²) in [6, 6.07) is -12.1. The Hall–Kier alpha value is -5.14. The lowest BCUT2D eigenvalue weighted by Gasteiger charge is -2.53. The normalized spacial score (nSPS) is 48.3. The first kappa shape index (κ1) is 114. The molecule has 0 spiro atoms. The number of hydrogen-bond donors (Lipinski definition) is 34. The van der Waals surface area contributed by atoms with Crippen LogP contribution < -0.4 is 31.9 Å². The van der Waals surface area contributed by atoms with Crippen molar-refractivity contribution in [3.8, 4) is 0 Å². The van der Waals surface area contributed by atoms with Crippen LogP contribution in [0.15, 0.2) is 0 Å². The molecule has 0 aromatic heterocycles. The second-order valence-corrected chi connectivity index (χ2v) is 35.3. The molecule has 0 aliphatic carbocycles. The summed E-state index contributed by atoms with van der Waals surface area (Å²) < 4.78 is 129. The molecule has 0 bridgehead atoms. The molecule has 0 unspecified atom stereocenters. The molecule has 34 N–H and O–H groups in total. The van der Waals surface area contributed by atoms with Gasteiger partial charge in [0.1, 0.15) is 262 Å². The molecule has 0 aromatic rings. The van der Waals surface area contributed by atoms with Crippen LogP contribution in [-0.2, 0) is 128 Å².